The van der Waals surface area contributed by atoms with E-state index < -0.39 is 0 Å². The number of aromatic nitrogens is 1. The predicted molar refractivity (Wildman–Crippen MR) is 80.2 cm³/mol. The Kier molecular flexibility index (Phi) is 5.32. The quantitative estimate of drug-likeness (QED) is 0.790. The summed E-state index contributed by atoms with van der Waals surface area (Å²) in [5, 5.41) is 6.40. The van der Waals surface area contributed by atoms with Crippen LogP contribution in [0, 0.1) is 0 Å². The van der Waals surface area contributed by atoms with Crippen LogP contribution in [0.25, 0.3) is 0 Å². The maximum Gasteiger partial charge on any atom is 0.189 e. The van der Waals surface area contributed by atoms with Crippen molar-refractivity contribution in [1.29, 1.82) is 0 Å². The fourth-order valence-electron chi connectivity index (χ4n) is 1.68. The van der Waals surface area contributed by atoms with Gasteiger partial charge in [0.05, 0.1) is 12.3 Å². The average Bonchev–Trinajstić information content (AvgIpc) is 2.92. The third-order valence-electron chi connectivity index (χ3n) is 2.76. The molecule has 0 aliphatic carbocycles. The summed E-state index contributed by atoms with van der Waals surface area (Å²) >= 11 is 1.66. The second-order valence-corrected chi connectivity index (χ2v) is 5.02. The average molecular weight is 277 g/mol. The van der Waals surface area contributed by atoms with Gasteiger partial charge in [0.25, 0.3) is 0 Å². The second kappa shape index (κ2) is 7.23. The number of nitrogens with zero attached hydrogens (tertiary/aromatic N) is 2. The van der Waals surface area contributed by atoms with E-state index in [2.05, 4.69) is 32.7 Å². The van der Waals surface area contributed by atoms with Crippen LogP contribution in [0.1, 0.15) is 5.69 Å². The van der Waals surface area contributed by atoms with Crippen LogP contribution in [0.5, 0.6) is 0 Å². The van der Waals surface area contributed by atoms with Crippen molar-refractivity contribution >= 4 is 22.2 Å². The Hall–Kier alpha value is -1.43. The van der Waals surface area contributed by atoms with Crippen molar-refractivity contribution < 1.29 is 4.74 Å². The lowest BCUT2D eigenvalue weighted by molar-refractivity contribution is 0.199. The van der Waals surface area contributed by atoms with Crippen LogP contribution in [0.3, 0.4) is 0 Å². The van der Waals surface area contributed by atoms with Gasteiger partial charge < -0.3 is 15.0 Å². The number of benzene rings is 1. The molecule has 0 bridgehead atoms. The summed E-state index contributed by atoms with van der Waals surface area (Å²) in [6.45, 7) is 2.35. The van der Waals surface area contributed by atoms with Crippen LogP contribution in [0.2, 0.25) is 0 Å². The van der Waals surface area contributed by atoms with Crippen LogP contribution in [0.15, 0.2) is 35.7 Å². The molecule has 0 fully saturated rings. The number of thiazole rings is 1. The van der Waals surface area contributed by atoms with Crippen molar-refractivity contribution in [1.82, 2.24) is 10.3 Å². The molecular weight excluding hydrogens is 258 g/mol. The highest BCUT2D eigenvalue weighted by molar-refractivity contribution is 7.13. The highest BCUT2D eigenvalue weighted by atomic mass is 32.1. The number of ether oxygens (including phenoxy) is 1. The number of rotatable bonds is 7. The van der Waals surface area contributed by atoms with Gasteiger partial charge >= 0.3 is 0 Å². The number of hydrogen-bond donors (Lipinski definition) is 1. The van der Waals surface area contributed by atoms with E-state index in [4.69, 9.17) is 4.74 Å². The molecule has 0 aliphatic rings. The van der Waals surface area contributed by atoms with Gasteiger partial charge in [0.15, 0.2) is 5.13 Å². The van der Waals surface area contributed by atoms with E-state index in [0.717, 1.165) is 36.2 Å². The molecule has 0 aliphatic heterocycles. The first kappa shape index (κ1) is 14.0. The standard InChI is InChI=1S/C14H19N3OS/c1-17(13-6-4-3-5-7-13)14-16-12(11-19-14)10-15-8-9-18-2/h3-7,11,15H,8-10H2,1-2H3. The van der Waals surface area contributed by atoms with Gasteiger partial charge in [-0.2, -0.15) is 0 Å². The van der Waals surface area contributed by atoms with E-state index in [1.807, 2.05) is 25.2 Å². The van der Waals surface area contributed by atoms with E-state index in [1.165, 1.54) is 0 Å². The minimum absolute atomic E-state index is 0.723. The number of hydrogen-bond acceptors (Lipinski definition) is 5. The molecule has 2 rings (SSSR count). The molecule has 0 spiro atoms. The van der Waals surface area contributed by atoms with Crippen LogP contribution in [-0.2, 0) is 11.3 Å². The van der Waals surface area contributed by atoms with Gasteiger partial charge in [-0.3, -0.25) is 0 Å². The Balaban J connectivity index is 1.93. The Morgan fingerprint density at radius 3 is 2.84 bits per heavy atom. The van der Waals surface area contributed by atoms with Gasteiger partial charge in [0, 0.05) is 38.3 Å². The lowest BCUT2D eigenvalue weighted by Crippen LogP contribution is -2.18. The molecule has 0 atom stereocenters. The van der Waals surface area contributed by atoms with Crippen molar-refractivity contribution in [3.8, 4) is 0 Å². The molecule has 4 nitrogen and oxygen atoms in total. The Morgan fingerprint density at radius 1 is 1.32 bits per heavy atom. The summed E-state index contributed by atoms with van der Waals surface area (Å²) in [7, 11) is 3.74. The summed E-state index contributed by atoms with van der Waals surface area (Å²) in [4.78, 5) is 6.73. The van der Waals surface area contributed by atoms with Gasteiger partial charge in [-0.1, -0.05) is 18.2 Å². The summed E-state index contributed by atoms with van der Waals surface area (Å²) in [6.07, 6.45) is 0. The normalized spacial score (nSPS) is 10.6. The van der Waals surface area contributed by atoms with E-state index in [1.54, 1.807) is 18.4 Å². The summed E-state index contributed by atoms with van der Waals surface area (Å²) in [6, 6.07) is 10.2. The van der Waals surface area contributed by atoms with Gasteiger partial charge in [-0.05, 0) is 12.1 Å². The molecule has 2 aromatic rings. The molecule has 5 heteroatoms. The van der Waals surface area contributed by atoms with Crippen LogP contribution in [-0.4, -0.2) is 32.3 Å². The zero-order valence-corrected chi connectivity index (χ0v) is 12.1. The fraction of sp³-hybridized carbons (Fsp3) is 0.357. The summed E-state index contributed by atoms with van der Waals surface area (Å²) in [5.41, 5.74) is 2.22. The molecule has 0 amide bonds. The first-order valence-corrected chi connectivity index (χ1v) is 7.12. The first-order valence-electron chi connectivity index (χ1n) is 6.24. The van der Waals surface area contributed by atoms with Gasteiger partial charge in [0.2, 0.25) is 0 Å². The molecule has 1 aromatic carbocycles. The van der Waals surface area contributed by atoms with Crippen LogP contribution < -0.4 is 10.2 Å². The molecule has 0 saturated heterocycles. The number of nitrogens with one attached hydrogen (secondary N) is 1. The summed E-state index contributed by atoms with van der Waals surface area (Å²) < 4.78 is 4.99. The second-order valence-electron chi connectivity index (χ2n) is 4.19. The fourth-order valence-corrected chi connectivity index (χ4v) is 2.50. The monoisotopic (exact) mass is 277 g/mol. The SMILES string of the molecule is COCCNCc1csc(N(C)c2ccccc2)n1. The maximum atomic E-state index is 4.99. The Labute approximate surface area is 118 Å². The van der Waals surface area contributed by atoms with E-state index >= 15 is 0 Å². The van der Waals surface area contributed by atoms with E-state index in [-0.39, 0.29) is 0 Å². The Morgan fingerprint density at radius 2 is 2.11 bits per heavy atom. The molecule has 1 N–H and O–H groups in total. The van der Waals surface area contributed by atoms with Crippen molar-refractivity contribution in [2.45, 2.75) is 6.54 Å². The van der Waals surface area contributed by atoms with Crippen molar-refractivity contribution in [2.24, 2.45) is 0 Å². The van der Waals surface area contributed by atoms with Crippen LogP contribution >= 0.6 is 11.3 Å². The highest BCUT2D eigenvalue weighted by Crippen LogP contribution is 2.26. The van der Waals surface area contributed by atoms with Gasteiger partial charge in [-0.15, -0.1) is 11.3 Å². The number of anilines is 2. The predicted octanol–water partition coefficient (Wildman–Crippen LogP) is 2.65. The molecule has 0 unspecified atom stereocenters. The van der Waals surface area contributed by atoms with Gasteiger partial charge in [0.1, 0.15) is 0 Å². The molecule has 102 valence electrons. The molecule has 1 heterocycles. The van der Waals surface area contributed by atoms with Gasteiger partial charge in [-0.25, -0.2) is 4.98 Å². The lowest BCUT2D eigenvalue weighted by Gasteiger charge is -2.15. The molecular formula is C14H19N3OS. The van der Waals surface area contributed by atoms with Crippen molar-refractivity contribution in [3.05, 3.63) is 41.4 Å². The number of para-hydroxylation sites is 1. The topological polar surface area (TPSA) is 37.4 Å². The smallest absolute Gasteiger partial charge is 0.189 e. The zero-order chi connectivity index (χ0) is 13.5. The maximum absolute atomic E-state index is 4.99. The molecule has 1 aromatic heterocycles. The van der Waals surface area contributed by atoms with Crippen molar-refractivity contribution in [2.75, 3.05) is 32.2 Å². The third kappa shape index (κ3) is 4.02. The minimum atomic E-state index is 0.723. The number of methoxy groups -OCH3 is 1. The highest BCUT2D eigenvalue weighted by Gasteiger charge is 2.08. The van der Waals surface area contributed by atoms with E-state index in [0.29, 0.717) is 0 Å². The molecule has 19 heavy (non-hydrogen) atoms. The largest absolute Gasteiger partial charge is 0.383 e. The summed E-state index contributed by atoms with van der Waals surface area (Å²) in [5.74, 6) is 0. The van der Waals surface area contributed by atoms with Crippen LogP contribution in [0.4, 0.5) is 10.8 Å². The third-order valence-corrected chi connectivity index (χ3v) is 3.73. The molecule has 0 saturated carbocycles. The van der Waals surface area contributed by atoms with E-state index in [9.17, 15) is 0 Å². The minimum Gasteiger partial charge on any atom is -0.383 e. The lowest BCUT2D eigenvalue weighted by atomic mass is 10.3. The first-order chi connectivity index (χ1) is 9.31. The zero-order valence-electron chi connectivity index (χ0n) is 11.3. The Bertz CT molecular complexity index is 486. The van der Waals surface area contributed by atoms with Crippen molar-refractivity contribution in [3.63, 3.8) is 0 Å². The molecule has 0 radical (unpaired) electrons.